The van der Waals surface area contributed by atoms with Crippen LogP contribution in [-0.2, 0) is 6.42 Å². The van der Waals surface area contributed by atoms with E-state index < -0.39 is 0 Å². The molecule has 0 unspecified atom stereocenters. The van der Waals surface area contributed by atoms with Crippen molar-refractivity contribution < 1.29 is 0 Å². The maximum absolute atomic E-state index is 6.03. The molecule has 0 heterocycles. The first-order valence-electron chi connectivity index (χ1n) is 5.16. The highest BCUT2D eigenvalue weighted by atomic mass is 14.7. The van der Waals surface area contributed by atoms with Crippen molar-refractivity contribution in [1.29, 1.82) is 0 Å². The summed E-state index contributed by atoms with van der Waals surface area (Å²) in [6.07, 6.45) is 5.02. The van der Waals surface area contributed by atoms with Crippen LogP contribution < -0.4 is 5.73 Å². The van der Waals surface area contributed by atoms with Gasteiger partial charge in [-0.2, -0.15) is 0 Å². The van der Waals surface area contributed by atoms with Gasteiger partial charge in [-0.05, 0) is 30.7 Å². The van der Waals surface area contributed by atoms with Crippen LogP contribution in [0.4, 0.5) is 0 Å². The Morgan fingerprint density at radius 3 is 2.54 bits per heavy atom. The average Bonchev–Trinajstić information content (AvgIpc) is 2.54. The second-order valence-electron chi connectivity index (χ2n) is 4.04. The molecule has 0 radical (unpaired) electrons. The number of benzene rings is 1. The van der Waals surface area contributed by atoms with Gasteiger partial charge in [0.25, 0.3) is 0 Å². The fraction of sp³-hybridized carbons (Fsp3) is 0.500. The van der Waals surface area contributed by atoms with Crippen LogP contribution in [0.15, 0.2) is 30.3 Å². The molecule has 0 aromatic heterocycles. The predicted molar refractivity (Wildman–Crippen MR) is 55.5 cm³/mol. The number of hydrogen-bond donors (Lipinski definition) is 1. The molecular weight excluding hydrogens is 158 g/mol. The minimum Gasteiger partial charge on any atom is -0.327 e. The van der Waals surface area contributed by atoms with Crippen molar-refractivity contribution in [3.8, 4) is 0 Å². The highest BCUT2D eigenvalue weighted by Gasteiger charge is 2.23. The molecule has 13 heavy (non-hydrogen) atoms. The molecule has 0 aliphatic heterocycles. The fourth-order valence-corrected chi connectivity index (χ4v) is 2.24. The van der Waals surface area contributed by atoms with E-state index in [1.807, 2.05) is 0 Å². The molecule has 0 bridgehead atoms. The van der Waals surface area contributed by atoms with Crippen molar-refractivity contribution in [2.75, 3.05) is 0 Å². The van der Waals surface area contributed by atoms with Gasteiger partial charge in [-0.1, -0.05) is 36.8 Å². The smallest absolute Gasteiger partial charge is 0.00703 e. The zero-order valence-corrected chi connectivity index (χ0v) is 7.95. The molecule has 1 aliphatic rings. The van der Waals surface area contributed by atoms with E-state index in [9.17, 15) is 0 Å². The van der Waals surface area contributed by atoms with Gasteiger partial charge in [0, 0.05) is 6.04 Å². The van der Waals surface area contributed by atoms with Crippen molar-refractivity contribution in [1.82, 2.24) is 0 Å². The van der Waals surface area contributed by atoms with Crippen LogP contribution in [0.25, 0.3) is 0 Å². The molecule has 1 aromatic rings. The Kier molecular flexibility index (Phi) is 2.65. The van der Waals surface area contributed by atoms with Gasteiger partial charge in [0.1, 0.15) is 0 Å². The quantitative estimate of drug-likeness (QED) is 0.733. The van der Waals surface area contributed by atoms with Crippen molar-refractivity contribution in [3.63, 3.8) is 0 Å². The third-order valence-corrected chi connectivity index (χ3v) is 3.06. The van der Waals surface area contributed by atoms with E-state index in [2.05, 4.69) is 30.3 Å². The summed E-state index contributed by atoms with van der Waals surface area (Å²) in [5.41, 5.74) is 7.46. The van der Waals surface area contributed by atoms with Gasteiger partial charge in [0.2, 0.25) is 0 Å². The topological polar surface area (TPSA) is 26.0 Å². The number of nitrogens with two attached hydrogens (primary N) is 1. The lowest BCUT2D eigenvalue weighted by Crippen LogP contribution is -2.25. The average molecular weight is 175 g/mol. The predicted octanol–water partition coefficient (Wildman–Crippen LogP) is 2.36. The molecule has 1 aliphatic carbocycles. The lowest BCUT2D eigenvalue weighted by atomic mass is 9.95. The first kappa shape index (κ1) is 8.76. The summed E-state index contributed by atoms with van der Waals surface area (Å²) in [6.45, 7) is 0. The highest BCUT2D eigenvalue weighted by Crippen LogP contribution is 2.27. The fourth-order valence-electron chi connectivity index (χ4n) is 2.24. The van der Waals surface area contributed by atoms with Gasteiger partial charge >= 0.3 is 0 Å². The zero-order chi connectivity index (χ0) is 9.10. The highest BCUT2D eigenvalue weighted by molar-refractivity contribution is 5.15. The third-order valence-electron chi connectivity index (χ3n) is 3.06. The van der Waals surface area contributed by atoms with E-state index in [0.717, 1.165) is 5.92 Å². The minimum absolute atomic E-state index is 0.445. The van der Waals surface area contributed by atoms with E-state index in [0.29, 0.717) is 6.04 Å². The van der Waals surface area contributed by atoms with E-state index >= 15 is 0 Å². The van der Waals surface area contributed by atoms with Crippen LogP contribution in [0.1, 0.15) is 24.8 Å². The Labute approximate surface area is 80.0 Å². The zero-order valence-electron chi connectivity index (χ0n) is 7.95. The van der Waals surface area contributed by atoms with E-state index in [4.69, 9.17) is 5.73 Å². The summed E-state index contributed by atoms with van der Waals surface area (Å²) in [5.74, 6) is 0.724. The summed E-state index contributed by atoms with van der Waals surface area (Å²) >= 11 is 0. The van der Waals surface area contributed by atoms with Gasteiger partial charge in [-0.25, -0.2) is 0 Å². The summed E-state index contributed by atoms with van der Waals surface area (Å²) in [4.78, 5) is 0. The molecule has 1 fully saturated rings. The molecule has 2 rings (SSSR count). The van der Waals surface area contributed by atoms with Crippen LogP contribution in [0.2, 0.25) is 0 Å². The minimum atomic E-state index is 0.445. The Balaban J connectivity index is 1.98. The molecule has 1 aromatic carbocycles. The van der Waals surface area contributed by atoms with Crippen LogP contribution in [0.5, 0.6) is 0 Å². The summed E-state index contributed by atoms with van der Waals surface area (Å²) in [5, 5.41) is 0. The molecule has 0 amide bonds. The van der Waals surface area contributed by atoms with Gasteiger partial charge in [-0.3, -0.25) is 0 Å². The van der Waals surface area contributed by atoms with Gasteiger partial charge < -0.3 is 5.73 Å². The lowest BCUT2D eigenvalue weighted by molar-refractivity contribution is 0.479. The van der Waals surface area contributed by atoms with E-state index in [1.54, 1.807) is 0 Å². The molecule has 2 atom stereocenters. The summed E-state index contributed by atoms with van der Waals surface area (Å²) in [7, 11) is 0. The molecule has 1 nitrogen and oxygen atoms in total. The maximum Gasteiger partial charge on any atom is 0.00703 e. The van der Waals surface area contributed by atoms with Crippen LogP contribution in [-0.4, -0.2) is 6.04 Å². The van der Waals surface area contributed by atoms with Gasteiger partial charge in [0.15, 0.2) is 0 Å². The van der Waals surface area contributed by atoms with Crippen LogP contribution in [0, 0.1) is 5.92 Å². The molecule has 1 heteroatoms. The largest absolute Gasteiger partial charge is 0.327 e. The SMILES string of the molecule is N[C@@H]1CCC[C@H]1Cc1ccccc1. The molecule has 0 spiro atoms. The third kappa shape index (κ3) is 2.10. The van der Waals surface area contributed by atoms with Gasteiger partial charge in [0.05, 0.1) is 0 Å². The Hall–Kier alpha value is -0.820. The second kappa shape index (κ2) is 3.93. The lowest BCUT2D eigenvalue weighted by Gasteiger charge is -2.14. The first-order chi connectivity index (χ1) is 6.36. The Bertz CT molecular complexity index is 255. The van der Waals surface area contributed by atoms with Crippen molar-refractivity contribution in [3.05, 3.63) is 35.9 Å². The second-order valence-corrected chi connectivity index (χ2v) is 4.04. The van der Waals surface area contributed by atoms with Crippen molar-refractivity contribution in [2.45, 2.75) is 31.7 Å². The standard InChI is InChI=1S/C12H17N/c13-12-8-4-7-11(12)9-10-5-2-1-3-6-10/h1-3,5-6,11-12H,4,7-9,13H2/t11-,12+/m0/s1. The monoisotopic (exact) mass is 175 g/mol. The van der Waals surface area contributed by atoms with Gasteiger partial charge in [-0.15, -0.1) is 0 Å². The molecule has 0 saturated heterocycles. The van der Waals surface area contributed by atoms with Crippen LogP contribution in [0.3, 0.4) is 0 Å². The molecule has 1 saturated carbocycles. The maximum atomic E-state index is 6.03. The number of hydrogen-bond acceptors (Lipinski definition) is 1. The van der Waals surface area contributed by atoms with E-state index in [-0.39, 0.29) is 0 Å². The summed E-state index contributed by atoms with van der Waals surface area (Å²) in [6, 6.07) is 11.1. The van der Waals surface area contributed by atoms with Crippen molar-refractivity contribution >= 4 is 0 Å². The van der Waals surface area contributed by atoms with Crippen LogP contribution >= 0.6 is 0 Å². The van der Waals surface area contributed by atoms with E-state index in [1.165, 1.54) is 31.2 Å². The Morgan fingerprint density at radius 1 is 1.15 bits per heavy atom. The molecule has 2 N–H and O–H groups in total. The molecule has 70 valence electrons. The molecular formula is C12H17N. The first-order valence-corrected chi connectivity index (χ1v) is 5.16. The van der Waals surface area contributed by atoms with Crippen molar-refractivity contribution in [2.24, 2.45) is 11.7 Å². The summed E-state index contributed by atoms with van der Waals surface area (Å²) < 4.78 is 0. The Morgan fingerprint density at radius 2 is 1.92 bits per heavy atom. The normalized spacial score (nSPS) is 27.8. The number of rotatable bonds is 2.